The van der Waals surface area contributed by atoms with Gasteiger partial charge in [-0.05, 0) is 6.42 Å². The number of nitrogen functional groups attached to an aromatic ring is 1. The number of anilines is 2. The van der Waals surface area contributed by atoms with Crippen molar-refractivity contribution >= 4 is 28.7 Å². The zero-order valence-corrected chi connectivity index (χ0v) is 10.6. The Labute approximate surface area is 109 Å². The van der Waals surface area contributed by atoms with Crippen molar-refractivity contribution in [2.45, 2.75) is 19.4 Å². The number of aromatic amines is 1. The van der Waals surface area contributed by atoms with E-state index in [1.807, 2.05) is 0 Å². The van der Waals surface area contributed by atoms with Gasteiger partial charge in [-0.2, -0.15) is 15.1 Å². The second-order valence-corrected chi connectivity index (χ2v) is 4.67. The average Bonchev–Trinajstić information content (AvgIpc) is 2.95. The Kier molecular flexibility index (Phi) is 2.69. The topological polar surface area (TPSA) is 113 Å². The molecule has 1 unspecified atom stereocenters. The normalized spacial score (nSPS) is 19.0. The number of nitrogens with one attached hydrogen (secondary N) is 2. The highest BCUT2D eigenvalue weighted by Crippen LogP contribution is 2.26. The maximum Gasteiger partial charge on any atom is 0.224 e. The molecular weight excluding hydrogens is 246 g/mol. The Morgan fingerprint density at radius 2 is 2.42 bits per heavy atom. The summed E-state index contributed by atoms with van der Waals surface area (Å²) in [5.74, 6) is 0.973. The molecule has 19 heavy (non-hydrogen) atoms. The van der Waals surface area contributed by atoms with E-state index < -0.39 is 0 Å². The van der Waals surface area contributed by atoms with E-state index in [0.717, 1.165) is 30.7 Å². The van der Waals surface area contributed by atoms with E-state index in [-0.39, 0.29) is 17.9 Å². The summed E-state index contributed by atoms with van der Waals surface area (Å²) in [5.41, 5.74) is 6.33. The summed E-state index contributed by atoms with van der Waals surface area (Å²) in [6, 6.07) is 0.149. The summed E-state index contributed by atoms with van der Waals surface area (Å²) in [5, 5.41) is 10.5. The zero-order chi connectivity index (χ0) is 13.4. The number of amides is 1. The van der Waals surface area contributed by atoms with Gasteiger partial charge in [0.05, 0.1) is 11.6 Å². The number of rotatable bonds is 2. The average molecular weight is 261 g/mol. The molecule has 1 fully saturated rings. The number of fused-ring (bicyclic) bond motifs is 1. The predicted octanol–water partition coefficient (Wildman–Crippen LogP) is -0.350. The Morgan fingerprint density at radius 3 is 3.21 bits per heavy atom. The summed E-state index contributed by atoms with van der Waals surface area (Å²) >= 11 is 0. The van der Waals surface area contributed by atoms with E-state index in [4.69, 9.17) is 5.73 Å². The number of hydrogen-bond acceptors (Lipinski definition) is 6. The van der Waals surface area contributed by atoms with Gasteiger partial charge in [-0.3, -0.25) is 9.89 Å². The van der Waals surface area contributed by atoms with Crippen LogP contribution in [0.3, 0.4) is 0 Å². The van der Waals surface area contributed by atoms with Crippen LogP contribution >= 0.6 is 0 Å². The first-order valence-electron chi connectivity index (χ1n) is 6.12. The van der Waals surface area contributed by atoms with Crippen LogP contribution in [-0.4, -0.2) is 45.2 Å². The van der Waals surface area contributed by atoms with Gasteiger partial charge in [0.2, 0.25) is 11.9 Å². The van der Waals surface area contributed by atoms with Crippen LogP contribution in [0.15, 0.2) is 6.20 Å². The van der Waals surface area contributed by atoms with E-state index in [2.05, 4.69) is 30.4 Å². The summed E-state index contributed by atoms with van der Waals surface area (Å²) in [4.78, 5) is 21.5. The number of H-pyrrole nitrogens is 1. The van der Waals surface area contributed by atoms with Crippen LogP contribution in [0.1, 0.15) is 13.3 Å². The first-order chi connectivity index (χ1) is 9.13. The largest absolute Gasteiger partial charge is 0.368 e. The van der Waals surface area contributed by atoms with Crippen molar-refractivity contribution in [1.82, 2.24) is 25.5 Å². The van der Waals surface area contributed by atoms with Crippen molar-refractivity contribution in [2.75, 3.05) is 23.7 Å². The molecule has 3 heterocycles. The molecule has 0 saturated carbocycles. The molecule has 2 aromatic rings. The van der Waals surface area contributed by atoms with E-state index in [0.29, 0.717) is 5.65 Å². The molecule has 0 aliphatic carbocycles. The minimum atomic E-state index is -0.0116. The first-order valence-corrected chi connectivity index (χ1v) is 6.12. The van der Waals surface area contributed by atoms with Gasteiger partial charge >= 0.3 is 0 Å². The fourth-order valence-electron chi connectivity index (χ4n) is 2.44. The van der Waals surface area contributed by atoms with Gasteiger partial charge < -0.3 is 16.0 Å². The highest BCUT2D eigenvalue weighted by molar-refractivity contribution is 5.87. The van der Waals surface area contributed by atoms with Crippen LogP contribution < -0.4 is 16.0 Å². The number of aromatic nitrogens is 4. The third-order valence-electron chi connectivity index (χ3n) is 3.20. The van der Waals surface area contributed by atoms with Gasteiger partial charge in [-0.25, -0.2) is 0 Å². The maximum atomic E-state index is 11.1. The number of carbonyl (C=O) groups is 1. The second-order valence-electron chi connectivity index (χ2n) is 4.67. The van der Waals surface area contributed by atoms with Crippen molar-refractivity contribution < 1.29 is 4.79 Å². The van der Waals surface area contributed by atoms with Crippen molar-refractivity contribution in [3.63, 3.8) is 0 Å². The molecule has 1 saturated heterocycles. The third kappa shape index (κ3) is 2.16. The van der Waals surface area contributed by atoms with E-state index in [1.54, 1.807) is 6.20 Å². The van der Waals surface area contributed by atoms with Crippen LogP contribution in [0.2, 0.25) is 0 Å². The molecule has 1 aliphatic heterocycles. The highest BCUT2D eigenvalue weighted by atomic mass is 16.1. The molecule has 0 bridgehead atoms. The van der Waals surface area contributed by atoms with Crippen molar-refractivity contribution in [3.8, 4) is 0 Å². The molecule has 0 aromatic carbocycles. The molecule has 8 nitrogen and oxygen atoms in total. The summed E-state index contributed by atoms with van der Waals surface area (Å²) in [7, 11) is 0. The van der Waals surface area contributed by atoms with Crippen molar-refractivity contribution in [3.05, 3.63) is 6.20 Å². The summed E-state index contributed by atoms with van der Waals surface area (Å²) in [6.07, 6.45) is 2.58. The van der Waals surface area contributed by atoms with Crippen molar-refractivity contribution in [1.29, 1.82) is 0 Å². The van der Waals surface area contributed by atoms with E-state index in [9.17, 15) is 4.79 Å². The highest BCUT2D eigenvalue weighted by Gasteiger charge is 2.26. The van der Waals surface area contributed by atoms with Crippen LogP contribution in [-0.2, 0) is 4.79 Å². The summed E-state index contributed by atoms with van der Waals surface area (Å²) in [6.45, 7) is 3.07. The quantitative estimate of drug-likeness (QED) is 0.681. The third-order valence-corrected chi connectivity index (χ3v) is 3.20. The standard InChI is InChI=1S/C11H15N7O/c1-6(19)14-7-2-3-18(5-7)10-8-4-13-17-9(8)15-11(12)16-10/h4,7H,2-3,5H2,1H3,(H,14,19)(H3,12,13,15,16,17). The molecule has 1 amide bonds. The molecule has 0 radical (unpaired) electrons. The molecule has 1 aliphatic rings. The molecule has 2 aromatic heterocycles. The van der Waals surface area contributed by atoms with Gasteiger partial charge in [0.25, 0.3) is 0 Å². The lowest BCUT2D eigenvalue weighted by Gasteiger charge is -2.18. The smallest absolute Gasteiger partial charge is 0.224 e. The predicted molar refractivity (Wildman–Crippen MR) is 70.5 cm³/mol. The fraction of sp³-hybridized carbons (Fsp3) is 0.455. The molecule has 100 valence electrons. The molecule has 4 N–H and O–H groups in total. The monoisotopic (exact) mass is 261 g/mol. The van der Waals surface area contributed by atoms with Gasteiger partial charge in [0.15, 0.2) is 5.65 Å². The van der Waals surface area contributed by atoms with Crippen LogP contribution in [0.4, 0.5) is 11.8 Å². The number of nitrogens with two attached hydrogens (primary N) is 1. The van der Waals surface area contributed by atoms with E-state index in [1.165, 1.54) is 6.92 Å². The SMILES string of the molecule is CC(=O)NC1CCN(c2nc(N)nc3[nH]ncc23)C1. The molecule has 8 heteroatoms. The fourth-order valence-corrected chi connectivity index (χ4v) is 2.44. The molecular formula is C11H15N7O. The van der Waals surface area contributed by atoms with Gasteiger partial charge in [-0.15, -0.1) is 0 Å². The van der Waals surface area contributed by atoms with Crippen LogP contribution in [0.5, 0.6) is 0 Å². The van der Waals surface area contributed by atoms with Crippen molar-refractivity contribution in [2.24, 2.45) is 0 Å². The van der Waals surface area contributed by atoms with Crippen LogP contribution in [0, 0.1) is 0 Å². The van der Waals surface area contributed by atoms with Gasteiger partial charge in [-0.1, -0.05) is 0 Å². The second kappa shape index (κ2) is 4.38. The number of hydrogen-bond donors (Lipinski definition) is 3. The minimum Gasteiger partial charge on any atom is -0.368 e. The first kappa shape index (κ1) is 11.7. The molecule has 0 spiro atoms. The molecule has 1 atom stereocenters. The Balaban J connectivity index is 1.89. The number of carbonyl (C=O) groups excluding carboxylic acids is 1. The Hall–Kier alpha value is -2.38. The molecule has 3 rings (SSSR count). The Bertz CT molecular complexity index is 623. The lowest BCUT2D eigenvalue weighted by atomic mass is 10.2. The van der Waals surface area contributed by atoms with E-state index >= 15 is 0 Å². The van der Waals surface area contributed by atoms with Gasteiger partial charge in [0, 0.05) is 26.1 Å². The van der Waals surface area contributed by atoms with Gasteiger partial charge in [0.1, 0.15) is 5.82 Å². The summed E-state index contributed by atoms with van der Waals surface area (Å²) < 4.78 is 0. The lowest BCUT2D eigenvalue weighted by Crippen LogP contribution is -2.35. The zero-order valence-electron chi connectivity index (χ0n) is 10.6. The lowest BCUT2D eigenvalue weighted by molar-refractivity contribution is -0.119. The minimum absolute atomic E-state index is 0.0116. The Morgan fingerprint density at radius 1 is 1.58 bits per heavy atom. The maximum absolute atomic E-state index is 11.1. The van der Waals surface area contributed by atoms with Crippen LogP contribution in [0.25, 0.3) is 11.0 Å². The number of nitrogens with zero attached hydrogens (tertiary/aromatic N) is 4.